The fourth-order valence-electron chi connectivity index (χ4n) is 2.84. The van der Waals surface area contributed by atoms with Crippen molar-refractivity contribution < 1.29 is 4.79 Å². The van der Waals surface area contributed by atoms with Crippen molar-refractivity contribution in [2.75, 3.05) is 10.6 Å². The summed E-state index contributed by atoms with van der Waals surface area (Å²) in [6.45, 7) is 7.72. The summed E-state index contributed by atoms with van der Waals surface area (Å²) in [4.78, 5) is 15.8. The average molecular weight is 347 g/mol. The number of carbonyl (C=O) groups is 1. The van der Waals surface area contributed by atoms with Gasteiger partial charge < -0.3 is 10.6 Å². The molecule has 1 heterocycles. The van der Waals surface area contributed by atoms with Crippen LogP contribution < -0.4 is 10.6 Å². The molecular weight excluding hydrogens is 326 g/mol. The van der Waals surface area contributed by atoms with E-state index in [1.165, 1.54) is 5.56 Å². The molecule has 0 aliphatic rings. The van der Waals surface area contributed by atoms with Crippen LogP contribution in [0.1, 0.15) is 34.0 Å². The number of ketones is 1. The Kier molecular flexibility index (Phi) is 4.93. The van der Waals surface area contributed by atoms with E-state index in [0.29, 0.717) is 17.3 Å². The number of nitrogens with zero attached hydrogens (tertiary/aromatic N) is 3. The molecule has 0 aliphatic heterocycles. The van der Waals surface area contributed by atoms with Gasteiger partial charge in [-0.15, -0.1) is 5.10 Å². The summed E-state index contributed by atoms with van der Waals surface area (Å²) in [5.74, 6) is 1.03. The molecule has 0 fully saturated rings. The first-order valence-electron chi connectivity index (χ1n) is 8.35. The second kappa shape index (κ2) is 7.31. The zero-order chi connectivity index (χ0) is 18.7. The molecule has 0 saturated heterocycles. The highest BCUT2D eigenvalue weighted by molar-refractivity contribution is 5.94. The molecular formula is C20H21N5O. The monoisotopic (exact) mass is 347 g/mol. The zero-order valence-electron chi connectivity index (χ0n) is 15.3. The number of benzene rings is 2. The van der Waals surface area contributed by atoms with Crippen molar-refractivity contribution in [2.24, 2.45) is 0 Å². The van der Waals surface area contributed by atoms with E-state index in [1.807, 2.05) is 12.1 Å². The number of anilines is 4. The number of aryl methyl sites for hydroxylation is 3. The Morgan fingerprint density at radius 1 is 0.962 bits per heavy atom. The zero-order valence-corrected chi connectivity index (χ0v) is 15.3. The number of aromatic nitrogens is 3. The SMILES string of the molecule is CC(=O)c1ccc(Nc2cnnc(Nc3c(C)cc(C)cc3C)n2)cc1. The maximum atomic E-state index is 11.3. The summed E-state index contributed by atoms with van der Waals surface area (Å²) < 4.78 is 0. The fourth-order valence-corrected chi connectivity index (χ4v) is 2.84. The molecule has 2 aromatic carbocycles. The Labute approximate surface area is 152 Å². The van der Waals surface area contributed by atoms with E-state index in [-0.39, 0.29) is 5.78 Å². The van der Waals surface area contributed by atoms with Gasteiger partial charge in [-0.1, -0.05) is 17.7 Å². The second-order valence-corrected chi connectivity index (χ2v) is 6.32. The molecule has 26 heavy (non-hydrogen) atoms. The van der Waals surface area contributed by atoms with Gasteiger partial charge in [0, 0.05) is 16.9 Å². The largest absolute Gasteiger partial charge is 0.339 e. The van der Waals surface area contributed by atoms with Gasteiger partial charge >= 0.3 is 0 Å². The number of nitrogens with one attached hydrogen (secondary N) is 2. The summed E-state index contributed by atoms with van der Waals surface area (Å²) in [5.41, 5.74) is 5.95. The van der Waals surface area contributed by atoms with Crippen molar-refractivity contribution in [1.29, 1.82) is 0 Å². The molecule has 3 rings (SSSR count). The van der Waals surface area contributed by atoms with Gasteiger partial charge in [0.2, 0.25) is 5.95 Å². The molecule has 0 aliphatic carbocycles. The van der Waals surface area contributed by atoms with Gasteiger partial charge in [0.1, 0.15) is 0 Å². The predicted octanol–water partition coefficient (Wildman–Crippen LogP) is 4.49. The molecule has 0 spiro atoms. The van der Waals surface area contributed by atoms with Gasteiger partial charge in [-0.3, -0.25) is 4.79 Å². The minimum Gasteiger partial charge on any atom is -0.339 e. The maximum Gasteiger partial charge on any atom is 0.249 e. The van der Waals surface area contributed by atoms with E-state index < -0.39 is 0 Å². The number of Topliss-reactive ketones (excluding diaryl/α,β-unsaturated/α-hetero) is 1. The smallest absolute Gasteiger partial charge is 0.249 e. The topological polar surface area (TPSA) is 79.8 Å². The minimum absolute atomic E-state index is 0.0376. The van der Waals surface area contributed by atoms with Crippen molar-refractivity contribution in [3.63, 3.8) is 0 Å². The third kappa shape index (κ3) is 4.03. The van der Waals surface area contributed by atoms with Crippen LogP contribution in [0.15, 0.2) is 42.6 Å². The quantitative estimate of drug-likeness (QED) is 0.662. The molecule has 6 heteroatoms. The van der Waals surface area contributed by atoms with Gasteiger partial charge in [0.25, 0.3) is 0 Å². The molecule has 0 atom stereocenters. The van der Waals surface area contributed by atoms with Crippen LogP contribution in [0.4, 0.5) is 23.1 Å². The van der Waals surface area contributed by atoms with E-state index in [1.54, 1.807) is 25.3 Å². The van der Waals surface area contributed by atoms with Gasteiger partial charge in [0.15, 0.2) is 11.6 Å². The molecule has 0 saturated carbocycles. The molecule has 1 aromatic heterocycles. The predicted molar refractivity (Wildman–Crippen MR) is 103 cm³/mol. The normalized spacial score (nSPS) is 10.5. The van der Waals surface area contributed by atoms with Crippen molar-refractivity contribution in [3.8, 4) is 0 Å². The Morgan fingerprint density at radius 2 is 1.62 bits per heavy atom. The van der Waals surface area contributed by atoms with Crippen molar-refractivity contribution in [2.45, 2.75) is 27.7 Å². The number of rotatable bonds is 5. The van der Waals surface area contributed by atoms with Crippen LogP contribution in [-0.4, -0.2) is 21.0 Å². The first-order valence-corrected chi connectivity index (χ1v) is 8.35. The molecule has 6 nitrogen and oxygen atoms in total. The number of carbonyl (C=O) groups excluding carboxylic acids is 1. The Hall–Kier alpha value is -3.28. The van der Waals surface area contributed by atoms with Crippen LogP contribution in [0.25, 0.3) is 0 Å². The first-order chi connectivity index (χ1) is 12.4. The summed E-state index contributed by atoms with van der Waals surface area (Å²) >= 11 is 0. The molecule has 3 aromatic rings. The number of hydrogen-bond donors (Lipinski definition) is 2. The lowest BCUT2D eigenvalue weighted by Gasteiger charge is -2.13. The second-order valence-electron chi connectivity index (χ2n) is 6.32. The molecule has 0 amide bonds. The minimum atomic E-state index is 0.0376. The van der Waals surface area contributed by atoms with Crippen LogP contribution >= 0.6 is 0 Å². The lowest BCUT2D eigenvalue weighted by atomic mass is 10.1. The van der Waals surface area contributed by atoms with Crippen LogP contribution in [0.2, 0.25) is 0 Å². The highest BCUT2D eigenvalue weighted by Gasteiger charge is 2.08. The Balaban J connectivity index is 1.79. The van der Waals surface area contributed by atoms with E-state index >= 15 is 0 Å². The summed E-state index contributed by atoms with van der Waals surface area (Å²) in [5, 5.41) is 14.5. The van der Waals surface area contributed by atoms with E-state index in [2.05, 4.69) is 58.7 Å². The average Bonchev–Trinajstić information content (AvgIpc) is 2.59. The molecule has 132 valence electrons. The molecule has 2 N–H and O–H groups in total. The van der Waals surface area contributed by atoms with Crippen LogP contribution in [0, 0.1) is 20.8 Å². The van der Waals surface area contributed by atoms with Crippen molar-refractivity contribution in [3.05, 3.63) is 64.8 Å². The Morgan fingerprint density at radius 3 is 2.23 bits per heavy atom. The van der Waals surface area contributed by atoms with Gasteiger partial charge in [0.05, 0.1) is 6.20 Å². The lowest BCUT2D eigenvalue weighted by Crippen LogP contribution is -2.04. The van der Waals surface area contributed by atoms with Crippen LogP contribution in [-0.2, 0) is 0 Å². The first kappa shape index (κ1) is 17.5. The summed E-state index contributed by atoms with van der Waals surface area (Å²) in [7, 11) is 0. The van der Waals surface area contributed by atoms with Crippen molar-refractivity contribution >= 4 is 28.9 Å². The Bertz CT molecular complexity index is 928. The highest BCUT2D eigenvalue weighted by atomic mass is 16.1. The van der Waals surface area contributed by atoms with Crippen LogP contribution in [0.3, 0.4) is 0 Å². The van der Waals surface area contributed by atoms with E-state index in [0.717, 1.165) is 22.5 Å². The van der Waals surface area contributed by atoms with Gasteiger partial charge in [-0.25, -0.2) is 0 Å². The number of hydrogen-bond acceptors (Lipinski definition) is 6. The molecule has 0 unspecified atom stereocenters. The third-order valence-corrected chi connectivity index (χ3v) is 4.04. The lowest BCUT2D eigenvalue weighted by molar-refractivity contribution is 0.101. The third-order valence-electron chi connectivity index (χ3n) is 4.04. The van der Waals surface area contributed by atoms with E-state index in [9.17, 15) is 4.79 Å². The standard InChI is InChI=1S/C20H21N5O/c1-12-9-13(2)19(14(3)10-12)24-20-23-18(11-21-25-20)22-17-7-5-16(6-8-17)15(4)26/h5-11H,1-4H3,(H2,22,23,24,25). The maximum absolute atomic E-state index is 11.3. The molecule has 0 bridgehead atoms. The van der Waals surface area contributed by atoms with Crippen LogP contribution in [0.5, 0.6) is 0 Å². The summed E-state index contributed by atoms with van der Waals surface area (Å²) in [6.07, 6.45) is 1.55. The summed E-state index contributed by atoms with van der Waals surface area (Å²) in [6, 6.07) is 11.4. The molecule has 0 radical (unpaired) electrons. The van der Waals surface area contributed by atoms with Gasteiger partial charge in [-0.05, 0) is 63.1 Å². The van der Waals surface area contributed by atoms with E-state index in [4.69, 9.17) is 0 Å². The fraction of sp³-hybridized carbons (Fsp3) is 0.200. The highest BCUT2D eigenvalue weighted by Crippen LogP contribution is 2.25. The van der Waals surface area contributed by atoms with Gasteiger partial charge in [-0.2, -0.15) is 10.1 Å². The van der Waals surface area contributed by atoms with Crippen molar-refractivity contribution in [1.82, 2.24) is 15.2 Å².